The fraction of sp³-hybridized carbons (Fsp3) is 0.0435. The Morgan fingerprint density at radius 3 is 2.36 bits per heavy atom. The van der Waals surface area contributed by atoms with Crippen LogP contribution in [-0.4, -0.2) is 18.0 Å². The minimum atomic E-state index is -0.209. The van der Waals surface area contributed by atoms with Crippen LogP contribution in [0.1, 0.15) is 10.4 Å². The molecule has 1 N–H and O–H groups in total. The van der Waals surface area contributed by atoms with E-state index in [4.69, 9.17) is 4.74 Å². The van der Waals surface area contributed by atoms with Crippen molar-refractivity contribution in [1.82, 2.24) is 4.98 Å². The van der Waals surface area contributed by atoms with Gasteiger partial charge in [0.2, 0.25) is 0 Å². The van der Waals surface area contributed by atoms with E-state index in [9.17, 15) is 4.79 Å². The lowest BCUT2D eigenvalue weighted by atomic mass is 10.0. The first-order valence-electron chi connectivity index (χ1n) is 8.80. The summed E-state index contributed by atoms with van der Waals surface area (Å²) in [4.78, 5) is 17.0. The van der Waals surface area contributed by atoms with Gasteiger partial charge in [0.15, 0.2) is 5.13 Å². The van der Waals surface area contributed by atoms with Crippen molar-refractivity contribution < 1.29 is 9.53 Å². The smallest absolute Gasteiger partial charge is 0.257 e. The average molecular weight is 386 g/mol. The zero-order valence-corrected chi connectivity index (χ0v) is 16.1. The summed E-state index contributed by atoms with van der Waals surface area (Å²) in [5, 5.41) is 5.36. The van der Waals surface area contributed by atoms with E-state index in [0.29, 0.717) is 16.4 Å². The molecule has 3 aromatic carbocycles. The van der Waals surface area contributed by atoms with Crippen molar-refractivity contribution in [2.75, 3.05) is 12.4 Å². The first-order valence-corrected chi connectivity index (χ1v) is 9.68. The number of carbonyl (C=O) groups excluding carboxylic acids is 1. The fourth-order valence-electron chi connectivity index (χ4n) is 2.86. The summed E-state index contributed by atoms with van der Waals surface area (Å²) >= 11 is 1.40. The van der Waals surface area contributed by atoms with Crippen molar-refractivity contribution in [2.45, 2.75) is 0 Å². The molecule has 1 aromatic heterocycles. The number of hydrogen-bond donors (Lipinski definition) is 1. The summed E-state index contributed by atoms with van der Waals surface area (Å²) in [6.07, 6.45) is 0. The van der Waals surface area contributed by atoms with Gasteiger partial charge in [-0.25, -0.2) is 4.98 Å². The number of thiazole rings is 1. The Hall–Kier alpha value is -3.44. The second-order valence-electron chi connectivity index (χ2n) is 6.17. The molecular weight excluding hydrogens is 368 g/mol. The maximum Gasteiger partial charge on any atom is 0.257 e. The minimum Gasteiger partial charge on any atom is -0.497 e. The van der Waals surface area contributed by atoms with Crippen molar-refractivity contribution in [3.05, 3.63) is 89.8 Å². The van der Waals surface area contributed by atoms with Gasteiger partial charge in [-0.05, 0) is 29.3 Å². The van der Waals surface area contributed by atoms with E-state index in [0.717, 1.165) is 16.8 Å². The molecular formula is C23H18N2O2S. The van der Waals surface area contributed by atoms with Crippen molar-refractivity contribution in [2.24, 2.45) is 0 Å². The summed E-state index contributed by atoms with van der Waals surface area (Å²) in [6.45, 7) is 0. The van der Waals surface area contributed by atoms with Crippen molar-refractivity contribution in [3.63, 3.8) is 0 Å². The number of aromatic nitrogens is 1. The molecule has 4 rings (SSSR count). The van der Waals surface area contributed by atoms with Crippen molar-refractivity contribution >= 4 is 22.4 Å². The van der Waals surface area contributed by atoms with E-state index in [2.05, 4.69) is 34.6 Å². The number of nitrogens with one attached hydrogen (secondary N) is 1. The van der Waals surface area contributed by atoms with Crippen LogP contribution in [0.4, 0.5) is 5.13 Å². The highest BCUT2D eigenvalue weighted by molar-refractivity contribution is 7.14. The largest absolute Gasteiger partial charge is 0.497 e. The predicted molar refractivity (Wildman–Crippen MR) is 114 cm³/mol. The van der Waals surface area contributed by atoms with Crippen LogP contribution in [-0.2, 0) is 0 Å². The quantitative estimate of drug-likeness (QED) is 0.476. The van der Waals surface area contributed by atoms with E-state index in [1.54, 1.807) is 31.4 Å². The third-order valence-corrected chi connectivity index (χ3v) is 5.10. The van der Waals surface area contributed by atoms with Crippen LogP contribution in [0.2, 0.25) is 0 Å². The second kappa shape index (κ2) is 8.06. The van der Waals surface area contributed by atoms with Gasteiger partial charge in [-0.15, -0.1) is 11.3 Å². The van der Waals surface area contributed by atoms with Crippen LogP contribution < -0.4 is 10.1 Å². The van der Waals surface area contributed by atoms with Crippen LogP contribution in [0.25, 0.3) is 22.4 Å². The molecule has 1 heterocycles. The molecule has 28 heavy (non-hydrogen) atoms. The maximum absolute atomic E-state index is 12.4. The molecule has 0 radical (unpaired) electrons. The van der Waals surface area contributed by atoms with E-state index in [-0.39, 0.29) is 5.91 Å². The fourth-order valence-corrected chi connectivity index (χ4v) is 3.58. The van der Waals surface area contributed by atoms with Gasteiger partial charge in [-0.3, -0.25) is 10.1 Å². The molecule has 0 aliphatic rings. The number of nitrogens with zero attached hydrogens (tertiary/aromatic N) is 1. The molecule has 0 unspecified atom stereocenters. The van der Waals surface area contributed by atoms with Crippen LogP contribution >= 0.6 is 11.3 Å². The molecule has 138 valence electrons. The van der Waals surface area contributed by atoms with E-state index < -0.39 is 0 Å². The highest BCUT2D eigenvalue weighted by atomic mass is 32.1. The number of methoxy groups -OCH3 is 1. The Kier molecular flexibility index (Phi) is 5.17. The van der Waals surface area contributed by atoms with Crippen LogP contribution in [0.15, 0.2) is 84.2 Å². The lowest BCUT2D eigenvalue weighted by molar-refractivity contribution is 0.102. The van der Waals surface area contributed by atoms with Gasteiger partial charge < -0.3 is 4.74 Å². The molecule has 0 saturated carbocycles. The lowest BCUT2D eigenvalue weighted by Gasteiger charge is -2.04. The van der Waals surface area contributed by atoms with Gasteiger partial charge in [0.05, 0.1) is 12.8 Å². The van der Waals surface area contributed by atoms with Crippen molar-refractivity contribution in [1.29, 1.82) is 0 Å². The number of carbonyl (C=O) groups is 1. The first kappa shape index (κ1) is 17.9. The summed E-state index contributed by atoms with van der Waals surface area (Å²) in [5.41, 5.74) is 4.72. The zero-order chi connectivity index (χ0) is 19.3. The number of amides is 1. The Morgan fingerprint density at radius 1 is 0.893 bits per heavy atom. The molecule has 0 atom stereocenters. The topological polar surface area (TPSA) is 51.2 Å². The SMILES string of the molecule is COc1cccc(C(=O)Nc2nc(-c3ccc(-c4ccccc4)cc3)cs2)c1. The van der Waals surface area contributed by atoms with Crippen LogP contribution in [0.3, 0.4) is 0 Å². The van der Waals surface area contributed by atoms with Gasteiger partial charge >= 0.3 is 0 Å². The molecule has 0 aliphatic heterocycles. The maximum atomic E-state index is 12.4. The first-order chi connectivity index (χ1) is 13.7. The second-order valence-corrected chi connectivity index (χ2v) is 7.03. The molecule has 4 aromatic rings. The summed E-state index contributed by atoms with van der Waals surface area (Å²) in [7, 11) is 1.58. The standard InChI is InChI=1S/C23H18N2O2S/c1-27-20-9-5-8-19(14-20)22(26)25-23-24-21(15-28-23)18-12-10-17(11-13-18)16-6-3-2-4-7-16/h2-15H,1H3,(H,24,25,26). The third-order valence-electron chi connectivity index (χ3n) is 4.34. The number of hydrogen-bond acceptors (Lipinski definition) is 4. The van der Waals surface area contributed by atoms with E-state index in [1.807, 2.05) is 35.7 Å². The highest BCUT2D eigenvalue weighted by Gasteiger charge is 2.11. The van der Waals surface area contributed by atoms with E-state index >= 15 is 0 Å². The Balaban J connectivity index is 1.49. The molecule has 5 heteroatoms. The lowest BCUT2D eigenvalue weighted by Crippen LogP contribution is -2.11. The molecule has 1 amide bonds. The third kappa shape index (κ3) is 3.94. The van der Waals surface area contributed by atoms with Crippen LogP contribution in [0.5, 0.6) is 5.75 Å². The van der Waals surface area contributed by atoms with Gasteiger partial charge in [0.1, 0.15) is 5.75 Å². The average Bonchev–Trinajstić information content (AvgIpc) is 3.23. The monoisotopic (exact) mass is 386 g/mol. The number of rotatable bonds is 5. The van der Waals surface area contributed by atoms with Gasteiger partial charge in [0, 0.05) is 16.5 Å². The minimum absolute atomic E-state index is 0.209. The normalized spacial score (nSPS) is 10.5. The predicted octanol–water partition coefficient (Wildman–Crippen LogP) is 5.74. The molecule has 0 fully saturated rings. The summed E-state index contributed by atoms with van der Waals surface area (Å²) in [5.74, 6) is 0.435. The molecule has 0 spiro atoms. The molecule has 0 aliphatic carbocycles. The van der Waals surface area contributed by atoms with Gasteiger partial charge in [0.25, 0.3) is 5.91 Å². The molecule has 0 bridgehead atoms. The van der Waals surface area contributed by atoms with Gasteiger partial charge in [-0.2, -0.15) is 0 Å². The number of ether oxygens (including phenoxy) is 1. The van der Waals surface area contributed by atoms with Crippen LogP contribution in [0, 0.1) is 0 Å². The summed E-state index contributed by atoms with van der Waals surface area (Å²) < 4.78 is 5.17. The Bertz CT molecular complexity index is 1090. The van der Waals surface area contributed by atoms with Crippen molar-refractivity contribution in [3.8, 4) is 28.1 Å². The van der Waals surface area contributed by atoms with E-state index in [1.165, 1.54) is 16.9 Å². The Morgan fingerprint density at radius 2 is 1.61 bits per heavy atom. The number of anilines is 1. The zero-order valence-electron chi connectivity index (χ0n) is 15.3. The summed E-state index contributed by atoms with van der Waals surface area (Å²) in [6, 6.07) is 25.5. The number of benzene rings is 3. The molecule has 0 saturated heterocycles. The highest BCUT2D eigenvalue weighted by Crippen LogP contribution is 2.28. The Labute approximate surface area is 167 Å². The molecule has 4 nitrogen and oxygen atoms in total. The van der Waals surface area contributed by atoms with Gasteiger partial charge in [-0.1, -0.05) is 60.7 Å².